The van der Waals surface area contributed by atoms with Crippen molar-refractivity contribution in [3.8, 4) is 17.6 Å². The van der Waals surface area contributed by atoms with Gasteiger partial charge in [0.15, 0.2) is 6.61 Å². The molecule has 5 nitrogen and oxygen atoms in total. The van der Waals surface area contributed by atoms with Gasteiger partial charge in [-0.3, -0.25) is 4.79 Å². The molecule has 0 aliphatic rings. The molecule has 0 saturated heterocycles. The Morgan fingerprint density at radius 3 is 2.59 bits per heavy atom. The number of carbonyl (C=O) groups excluding carboxylic acids is 1. The van der Waals surface area contributed by atoms with Crippen molar-refractivity contribution in [3.63, 3.8) is 0 Å². The minimum absolute atomic E-state index is 0.000489. The van der Waals surface area contributed by atoms with Crippen LogP contribution in [0.1, 0.15) is 5.56 Å². The van der Waals surface area contributed by atoms with Crippen LogP contribution >= 0.6 is 0 Å². The van der Waals surface area contributed by atoms with E-state index >= 15 is 0 Å². The molecule has 0 spiro atoms. The fourth-order valence-electron chi connectivity index (χ4n) is 1.98. The van der Waals surface area contributed by atoms with E-state index < -0.39 is 0 Å². The van der Waals surface area contributed by atoms with Gasteiger partial charge in [-0.25, -0.2) is 0 Å². The lowest BCUT2D eigenvalue weighted by Gasteiger charge is -2.09. The van der Waals surface area contributed by atoms with Gasteiger partial charge < -0.3 is 14.8 Å². The highest BCUT2D eigenvalue weighted by atomic mass is 16.5. The third-order valence-corrected chi connectivity index (χ3v) is 2.98. The van der Waals surface area contributed by atoms with Crippen LogP contribution in [0.2, 0.25) is 0 Å². The molecule has 1 amide bonds. The van der Waals surface area contributed by atoms with Crippen LogP contribution in [0.25, 0.3) is 0 Å². The fraction of sp³-hybridized carbons (Fsp3) is 0.176. The fourth-order valence-corrected chi connectivity index (χ4v) is 1.98. The van der Waals surface area contributed by atoms with E-state index in [9.17, 15) is 4.79 Å². The van der Waals surface area contributed by atoms with Crippen LogP contribution in [0.5, 0.6) is 11.5 Å². The number of nitriles is 1. The van der Waals surface area contributed by atoms with Crippen molar-refractivity contribution >= 4 is 11.6 Å². The lowest BCUT2D eigenvalue weighted by molar-refractivity contribution is -0.115. The van der Waals surface area contributed by atoms with Crippen molar-refractivity contribution < 1.29 is 14.3 Å². The van der Waals surface area contributed by atoms with Crippen molar-refractivity contribution in [2.45, 2.75) is 6.42 Å². The third-order valence-electron chi connectivity index (χ3n) is 2.98. The minimum Gasteiger partial charge on any atom is -0.496 e. The molecule has 0 aliphatic carbocycles. The summed E-state index contributed by atoms with van der Waals surface area (Å²) in [5.41, 5.74) is 1.50. The van der Waals surface area contributed by atoms with Crippen molar-refractivity contribution in [3.05, 3.63) is 54.1 Å². The molecular weight excluding hydrogens is 280 g/mol. The van der Waals surface area contributed by atoms with Gasteiger partial charge >= 0.3 is 0 Å². The van der Waals surface area contributed by atoms with Crippen LogP contribution in [-0.2, 0) is 11.2 Å². The molecule has 112 valence electrons. The molecule has 0 heterocycles. The molecule has 0 aromatic heterocycles. The van der Waals surface area contributed by atoms with Crippen LogP contribution in [0.15, 0.2) is 48.5 Å². The maximum atomic E-state index is 12.1. The molecule has 1 N–H and O–H groups in total. The largest absolute Gasteiger partial charge is 0.496 e. The van der Waals surface area contributed by atoms with Gasteiger partial charge in [-0.05, 0) is 30.3 Å². The van der Waals surface area contributed by atoms with Gasteiger partial charge in [0.25, 0.3) is 0 Å². The number of nitrogens with one attached hydrogen (secondary N) is 1. The van der Waals surface area contributed by atoms with Crippen LogP contribution < -0.4 is 14.8 Å². The quantitative estimate of drug-likeness (QED) is 0.889. The van der Waals surface area contributed by atoms with Crippen LogP contribution in [0.3, 0.4) is 0 Å². The summed E-state index contributed by atoms with van der Waals surface area (Å²) in [6.45, 7) is -0.000489. The molecule has 0 unspecified atom stereocenters. The zero-order valence-electron chi connectivity index (χ0n) is 12.2. The van der Waals surface area contributed by atoms with Gasteiger partial charge in [0.05, 0.1) is 13.5 Å². The predicted molar refractivity (Wildman–Crippen MR) is 82.9 cm³/mol. The molecule has 5 heteroatoms. The monoisotopic (exact) mass is 296 g/mol. The molecule has 2 aromatic rings. The van der Waals surface area contributed by atoms with Gasteiger partial charge in [-0.1, -0.05) is 18.2 Å². The van der Waals surface area contributed by atoms with Crippen LogP contribution in [0.4, 0.5) is 5.69 Å². The van der Waals surface area contributed by atoms with E-state index in [0.717, 1.165) is 5.56 Å². The molecule has 22 heavy (non-hydrogen) atoms. The van der Waals surface area contributed by atoms with Gasteiger partial charge in [-0.15, -0.1) is 0 Å². The van der Waals surface area contributed by atoms with Crippen LogP contribution in [-0.4, -0.2) is 19.6 Å². The Morgan fingerprint density at radius 2 is 1.91 bits per heavy atom. The van der Waals surface area contributed by atoms with Crippen LogP contribution in [0, 0.1) is 11.3 Å². The Bertz CT molecular complexity index is 675. The Labute approximate surface area is 129 Å². The number of hydrogen-bond donors (Lipinski definition) is 1. The highest BCUT2D eigenvalue weighted by Gasteiger charge is 2.08. The lowest BCUT2D eigenvalue weighted by Crippen LogP contribution is -2.14. The molecule has 0 radical (unpaired) electrons. The summed E-state index contributed by atoms with van der Waals surface area (Å²) in [6.07, 6.45) is 0.233. The highest BCUT2D eigenvalue weighted by molar-refractivity contribution is 5.92. The Balaban J connectivity index is 1.96. The standard InChI is InChI=1S/C17H16N2O3/c1-21-16-5-3-2-4-13(16)12-17(20)19-14-6-8-15(9-7-14)22-11-10-18/h2-9H,11-12H2,1H3,(H,19,20). The summed E-state index contributed by atoms with van der Waals surface area (Å²) in [5, 5.41) is 11.3. The number of benzene rings is 2. The number of nitrogens with zero attached hydrogens (tertiary/aromatic N) is 1. The first-order valence-corrected chi connectivity index (χ1v) is 6.74. The summed E-state index contributed by atoms with van der Waals surface area (Å²) < 4.78 is 10.4. The second kappa shape index (κ2) is 7.70. The molecule has 0 bridgehead atoms. The van der Waals surface area contributed by atoms with E-state index in [1.54, 1.807) is 31.4 Å². The molecular formula is C17H16N2O3. The van der Waals surface area contributed by atoms with E-state index in [1.807, 2.05) is 30.3 Å². The number of hydrogen-bond acceptors (Lipinski definition) is 4. The van der Waals surface area contributed by atoms with E-state index in [4.69, 9.17) is 14.7 Å². The maximum Gasteiger partial charge on any atom is 0.228 e. The molecule has 2 rings (SSSR count). The number of carbonyl (C=O) groups is 1. The second-order valence-corrected chi connectivity index (χ2v) is 4.51. The average Bonchev–Trinajstić information content (AvgIpc) is 2.54. The Hall–Kier alpha value is -3.00. The molecule has 2 aromatic carbocycles. The first kappa shape index (κ1) is 15.4. The van der Waals surface area contributed by atoms with Gasteiger partial charge in [0.1, 0.15) is 17.6 Å². The zero-order valence-corrected chi connectivity index (χ0v) is 12.2. The lowest BCUT2D eigenvalue weighted by atomic mass is 10.1. The number of para-hydroxylation sites is 1. The van der Waals surface area contributed by atoms with Crippen molar-refractivity contribution in [1.82, 2.24) is 0 Å². The van der Waals surface area contributed by atoms with Crippen molar-refractivity contribution in [2.75, 3.05) is 19.0 Å². The first-order valence-electron chi connectivity index (χ1n) is 6.74. The number of rotatable bonds is 6. The van der Waals surface area contributed by atoms with Gasteiger partial charge in [-0.2, -0.15) is 5.26 Å². The number of ether oxygens (including phenoxy) is 2. The Kier molecular flexibility index (Phi) is 5.38. The number of methoxy groups -OCH3 is 1. The smallest absolute Gasteiger partial charge is 0.228 e. The average molecular weight is 296 g/mol. The summed E-state index contributed by atoms with van der Waals surface area (Å²) in [5.74, 6) is 1.15. The van der Waals surface area contributed by atoms with E-state index in [0.29, 0.717) is 17.2 Å². The topological polar surface area (TPSA) is 71.3 Å². The van der Waals surface area contributed by atoms with Gasteiger partial charge in [0, 0.05) is 11.3 Å². The second-order valence-electron chi connectivity index (χ2n) is 4.51. The molecule has 0 fully saturated rings. The predicted octanol–water partition coefficient (Wildman–Crippen LogP) is 2.78. The SMILES string of the molecule is COc1ccccc1CC(=O)Nc1ccc(OCC#N)cc1. The summed E-state index contributed by atoms with van der Waals surface area (Å²) in [4.78, 5) is 12.1. The van der Waals surface area contributed by atoms with Gasteiger partial charge in [0.2, 0.25) is 5.91 Å². The first-order chi connectivity index (χ1) is 10.7. The normalized spacial score (nSPS) is 9.64. The molecule has 0 aliphatic heterocycles. The molecule has 0 atom stereocenters. The summed E-state index contributed by atoms with van der Waals surface area (Å²) in [6, 6.07) is 16.2. The van der Waals surface area contributed by atoms with E-state index in [1.165, 1.54) is 0 Å². The summed E-state index contributed by atoms with van der Waals surface area (Å²) >= 11 is 0. The molecule has 0 saturated carbocycles. The minimum atomic E-state index is -0.129. The van der Waals surface area contributed by atoms with E-state index in [2.05, 4.69) is 5.32 Å². The van der Waals surface area contributed by atoms with Crippen molar-refractivity contribution in [2.24, 2.45) is 0 Å². The highest BCUT2D eigenvalue weighted by Crippen LogP contribution is 2.19. The number of anilines is 1. The summed E-state index contributed by atoms with van der Waals surface area (Å²) in [7, 11) is 1.58. The Morgan fingerprint density at radius 1 is 1.18 bits per heavy atom. The zero-order chi connectivity index (χ0) is 15.8. The maximum absolute atomic E-state index is 12.1. The van der Waals surface area contributed by atoms with E-state index in [-0.39, 0.29) is 18.9 Å². The number of amides is 1. The third kappa shape index (κ3) is 4.25. The van der Waals surface area contributed by atoms with Crippen molar-refractivity contribution in [1.29, 1.82) is 5.26 Å².